The minimum atomic E-state index is -0.362. The van der Waals surface area contributed by atoms with Crippen LogP contribution in [0.4, 0.5) is 0 Å². The molecule has 0 aliphatic carbocycles. The maximum Gasteiger partial charge on any atom is 0.182 e. The zero-order valence-electron chi connectivity index (χ0n) is 12.9. The maximum atomic E-state index is 13.1. The summed E-state index contributed by atoms with van der Waals surface area (Å²) in [6.45, 7) is 6.32. The quantitative estimate of drug-likeness (QED) is 0.779. The Morgan fingerprint density at radius 3 is 2.43 bits per heavy atom. The van der Waals surface area contributed by atoms with Crippen molar-refractivity contribution >= 4 is 16.6 Å². The van der Waals surface area contributed by atoms with E-state index in [1.807, 2.05) is 24.3 Å². The number of carbonyl (C=O) groups excluding carboxylic acids is 1. The Hall–Kier alpha value is -1.67. The summed E-state index contributed by atoms with van der Waals surface area (Å²) in [6, 6.07) is 14.3. The van der Waals surface area contributed by atoms with Crippen molar-refractivity contribution in [3.63, 3.8) is 0 Å². The minimum Gasteiger partial charge on any atom is -0.292 e. The lowest BCUT2D eigenvalue weighted by Gasteiger charge is -2.36. The Morgan fingerprint density at radius 1 is 1.10 bits per heavy atom. The fraction of sp³-hybridized carbons (Fsp3) is 0.421. The number of rotatable bonds is 4. The third-order valence-electron chi connectivity index (χ3n) is 4.99. The van der Waals surface area contributed by atoms with Crippen LogP contribution in [0.5, 0.6) is 0 Å². The molecule has 1 aliphatic heterocycles. The molecule has 0 aromatic heterocycles. The molecule has 2 nitrogen and oxygen atoms in total. The molecule has 0 radical (unpaired) electrons. The lowest BCUT2D eigenvalue weighted by atomic mass is 9.86. The van der Waals surface area contributed by atoms with Crippen LogP contribution in [-0.4, -0.2) is 29.3 Å². The largest absolute Gasteiger partial charge is 0.292 e. The van der Waals surface area contributed by atoms with E-state index in [1.54, 1.807) is 0 Å². The number of nitrogens with zero attached hydrogens (tertiary/aromatic N) is 1. The summed E-state index contributed by atoms with van der Waals surface area (Å²) < 4.78 is 0. The number of hydrogen-bond acceptors (Lipinski definition) is 2. The van der Waals surface area contributed by atoms with Gasteiger partial charge in [-0.05, 0) is 56.1 Å². The van der Waals surface area contributed by atoms with Gasteiger partial charge < -0.3 is 0 Å². The molecule has 0 saturated carbocycles. The summed E-state index contributed by atoms with van der Waals surface area (Å²) in [4.78, 5) is 15.5. The SMILES string of the molecule is CCC(C)(C(=O)c1ccc2ccccc2c1)N1CCCC1. The summed E-state index contributed by atoms with van der Waals surface area (Å²) in [5.41, 5.74) is 0.476. The van der Waals surface area contributed by atoms with E-state index in [-0.39, 0.29) is 11.3 Å². The van der Waals surface area contributed by atoms with Gasteiger partial charge in [0.25, 0.3) is 0 Å². The summed E-state index contributed by atoms with van der Waals surface area (Å²) in [7, 11) is 0. The fourth-order valence-electron chi connectivity index (χ4n) is 3.38. The van der Waals surface area contributed by atoms with Gasteiger partial charge in [-0.25, -0.2) is 0 Å². The zero-order chi connectivity index (χ0) is 14.9. The molecular weight excluding hydrogens is 258 g/mol. The van der Waals surface area contributed by atoms with E-state index >= 15 is 0 Å². The molecule has 110 valence electrons. The smallest absolute Gasteiger partial charge is 0.182 e. The van der Waals surface area contributed by atoms with Gasteiger partial charge in [-0.15, -0.1) is 0 Å². The maximum absolute atomic E-state index is 13.1. The molecular formula is C19H23NO. The number of benzene rings is 2. The third-order valence-corrected chi connectivity index (χ3v) is 4.99. The molecule has 3 rings (SSSR count). The number of carbonyl (C=O) groups is 1. The van der Waals surface area contributed by atoms with Crippen LogP contribution in [-0.2, 0) is 0 Å². The van der Waals surface area contributed by atoms with E-state index in [1.165, 1.54) is 18.2 Å². The Balaban J connectivity index is 1.97. The van der Waals surface area contributed by atoms with E-state index in [0.29, 0.717) is 0 Å². The fourth-order valence-corrected chi connectivity index (χ4v) is 3.38. The van der Waals surface area contributed by atoms with Crippen molar-refractivity contribution in [1.82, 2.24) is 4.90 Å². The molecule has 2 heteroatoms. The van der Waals surface area contributed by atoms with Gasteiger partial charge in [0.05, 0.1) is 5.54 Å². The number of hydrogen-bond donors (Lipinski definition) is 0. The highest BCUT2D eigenvalue weighted by atomic mass is 16.1. The Kier molecular flexibility index (Phi) is 3.81. The van der Waals surface area contributed by atoms with Crippen LogP contribution >= 0.6 is 0 Å². The first-order chi connectivity index (χ1) is 10.1. The molecule has 1 fully saturated rings. The van der Waals surface area contributed by atoms with Crippen molar-refractivity contribution in [2.24, 2.45) is 0 Å². The van der Waals surface area contributed by atoms with Crippen LogP contribution in [0.2, 0.25) is 0 Å². The Morgan fingerprint density at radius 2 is 1.76 bits per heavy atom. The predicted octanol–water partition coefficient (Wildman–Crippen LogP) is 4.29. The highest BCUT2D eigenvalue weighted by Crippen LogP contribution is 2.29. The van der Waals surface area contributed by atoms with E-state index in [0.717, 1.165) is 30.5 Å². The lowest BCUT2D eigenvalue weighted by Crippen LogP contribution is -2.50. The van der Waals surface area contributed by atoms with E-state index in [9.17, 15) is 4.79 Å². The summed E-state index contributed by atoms with van der Waals surface area (Å²) in [6.07, 6.45) is 3.28. The Labute approximate surface area is 126 Å². The highest BCUT2D eigenvalue weighted by molar-refractivity contribution is 6.05. The van der Waals surface area contributed by atoms with Gasteiger partial charge in [0.15, 0.2) is 5.78 Å². The second-order valence-electron chi connectivity index (χ2n) is 6.21. The predicted molar refractivity (Wildman–Crippen MR) is 87.8 cm³/mol. The van der Waals surface area contributed by atoms with Gasteiger partial charge in [0.1, 0.15) is 0 Å². The topological polar surface area (TPSA) is 20.3 Å². The van der Waals surface area contributed by atoms with Gasteiger partial charge in [-0.2, -0.15) is 0 Å². The lowest BCUT2D eigenvalue weighted by molar-refractivity contribution is 0.0648. The molecule has 2 aromatic carbocycles. The van der Waals surface area contributed by atoms with Crippen LogP contribution < -0.4 is 0 Å². The average molecular weight is 281 g/mol. The van der Waals surface area contributed by atoms with Crippen LogP contribution in [0.3, 0.4) is 0 Å². The molecule has 1 unspecified atom stereocenters. The normalized spacial score (nSPS) is 18.8. The van der Waals surface area contributed by atoms with Crippen LogP contribution in [0, 0.1) is 0 Å². The number of ketones is 1. The van der Waals surface area contributed by atoms with E-state index < -0.39 is 0 Å². The molecule has 1 saturated heterocycles. The second-order valence-corrected chi connectivity index (χ2v) is 6.21. The van der Waals surface area contributed by atoms with E-state index in [2.05, 4.69) is 36.9 Å². The minimum absolute atomic E-state index is 0.262. The first kappa shape index (κ1) is 14.3. The van der Waals surface area contributed by atoms with Crippen LogP contribution in [0.25, 0.3) is 10.8 Å². The molecule has 0 bridgehead atoms. The summed E-state index contributed by atoms with van der Waals surface area (Å²) in [5.74, 6) is 0.262. The second kappa shape index (κ2) is 5.61. The van der Waals surface area contributed by atoms with Crippen molar-refractivity contribution in [3.8, 4) is 0 Å². The molecule has 1 aliphatic rings. The van der Waals surface area contributed by atoms with Crippen molar-refractivity contribution in [3.05, 3.63) is 48.0 Å². The average Bonchev–Trinajstić information content (AvgIpc) is 3.08. The van der Waals surface area contributed by atoms with Gasteiger partial charge in [-0.3, -0.25) is 9.69 Å². The van der Waals surface area contributed by atoms with Gasteiger partial charge >= 0.3 is 0 Å². The number of Topliss-reactive ketones (excluding diaryl/α,β-unsaturated/α-hetero) is 1. The summed E-state index contributed by atoms with van der Waals surface area (Å²) in [5, 5.41) is 2.33. The van der Waals surface area contributed by atoms with Gasteiger partial charge in [0, 0.05) is 5.56 Å². The number of fused-ring (bicyclic) bond motifs is 1. The van der Waals surface area contributed by atoms with E-state index in [4.69, 9.17) is 0 Å². The third kappa shape index (κ3) is 2.49. The molecule has 1 heterocycles. The van der Waals surface area contributed by atoms with Crippen molar-refractivity contribution < 1.29 is 4.79 Å². The molecule has 0 spiro atoms. The molecule has 21 heavy (non-hydrogen) atoms. The van der Waals surface area contributed by atoms with Crippen LogP contribution in [0.15, 0.2) is 42.5 Å². The molecule has 0 amide bonds. The first-order valence-electron chi connectivity index (χ1n) is 7.94. The molecule has 2 aromatic rings. The first-order valence-corrected chi connectivity index (χ1v) is 7.94. The Bertz CT molecular complexity index is 657. The zero-order valence-corrected chi connectivity index (χ0v) is 12.9. The van der Waals surface area contributed by atoms with Crippen LogP contribution in [0.1, 0.15) is 43.5 Å². The highest BCUT2D eigenvalue weighted by Gasteiger charge is 2.39. The van der Waals surface area contributed by atoms with Gasteiger partial charge in [0.2, 0.25) is 0 Å². The van der Waals surface area contributed by atoms with Crippen molar-refractivity contribution in [2.75, 3.05) is 13.1 Å². The molecule has 1 atom stereocenters. The van der Waals surface area contributed by atoms with Gasteiger partial charge in [-0.1, -0.05) is 43.3 Å². The molecule has 0 N–H and O–H groups in total. The monoisotopic (exact) mass is 281 g/mol. The summed E-state index contributed by atoms with van der Waals surface area (Å²) >= 11 is 0. The number of likely N-dealkylation sites (tertiary alicyclic amines) is 1. The van der Waals surface area contributed by atoms with Crippen molar-refractivity contribution in [1.29, 1.82) is 0 Å². The van der Waals surface area contributed by atoms with Crippen molar-refractivity contribution in [2.45, 2.75) is 38.6 Å². The standard InChI is InChI=1S/C19H23NO/c1-3-19(2,20-12-6-7-13-20)18(21)17-11-10-15-8-4-5-9-16(15)14-17/h4-5,8-11,14H,3,6-7,12-13H2,1-2H3.